The lowest BCUT2D eigenvalue weighted by atomic mass is 9.98. The highest BCUT2D eigenvalue weighted by Gasteiger charge is 2.13. The molecule has 0 unspecified atom stereocenters. The zero-order valence-electron chi connectivity index (χ0n) is 12.2. The number of hydrogen-bond acceptors (Lipinski definition) is 4. The van der Waals surface area contributed by atoms with Crippen molar-refractivity contribution in [2.75, 3.05) is 33.9 Å². The molecule has 1 heterocycles. The van der Waals surface area contributed by atoms with Gasteiger partial charge in [-0.1, -0.05) is 11.6 Å². The number of benzene rings is 1. The van der Waals surface area contributed by atoms with Crippen LogP contribution in [0.2, 0.25) is 5.02 Å². The van der Waals surface area contributed by atoms with Crippen molar-refractivity contribution in [2.24, 2.45) is 5.92 Å². The number of nitrogens with one attached hydrogen (secondary N) is 2. The average Bonchev–Trinajstić information content (AvgIpc) is 2.47. The van der Waals surface area contributed by atoms with Gasteiger partial charge in [0, 0.05) is 6.54 Å². The van der Waals surface area contributed by atoms with Crippen molar-refractivity contribution in [2.45, 2.75) is 19.4 Å². The van der Waals surface area contributed by atoms with Crippen molar-refractivity contribution in [1.29, 1.82) is 0 Å². The molecule has 0 aromatic heterocycles. The third kappa shape index (κ3) is 4.01. The van der Waals surface area contributed by atoms with Crippen LogP contribution in [-0.4, -0.2) is 33.9 Å². The Balaban J connectivity index is 1.90. The quantitative estimate of drug-likeness (QED) is 0.846. The van der Waals surface area contributed by atoms with E-state index in [9.17, 15) is 0 Å². The maximum absolute atomic E-state index is 6.20. The van der Waals surface area contributed by atoms with E-state index >= 15 is 0 Å². The van der Waals surface area contributed by atoms with Crippen molar-refractivity contribution in [3.8, 4) is 11.5 Å². The van der Waals surface area contributed by atoms with Crippen LogP contribution in [0.15, 0.2) is 12.1 Å². The lowest BCUT2D eigenvalue weighted by molar-refractivity contribution is 0.351. The van der Waals surface area contributed by atoms with Crippen LogP contribution in [0.5, 0.6) is 11.5 Å². The van der Waals surface area contributed by atoms with Gasteiger partial charge in [0.2, 0.25) is 0 Å². The summed E-state index contributed by atoms with van der Waals surface area (Å²) in [5, 5.41) is 7.48. The third-order valence-corrected chi connectivity index (χ3v) is 3.99. The highest BCUT2D eigenvalue weighted by atomic mass is 35.5. The Bertz CT molecular complexity index is 434. The first kappa shape index (κ1) is 15.4. The van der Waals surface area contributed by atoms with Gasteiger partial charge in [-0.05, 0) is 56.1 Å². The highest BCUT2D eigenvalue weighted by Crippen LogP contribution is 2.35. The summed E-state index contributed by atoms with van der Waals surface area (Å²) in [4.78, 5) is 0. The van der Waals surface area contributed by atoms with Crippen molar-refractivity contribution < 1.29 is 9.47 Å². The van der Waals surface area contributed by atoms with Crippen molar-refractivity contribution in [3.63, 3.8) is 0 Å². The highest BCUT2D eigenvalue weighted by molar-refractivity contribution is 6.32. The second-order valence-corrected chi connectivity index (χ2v) is 5.54. The van der Waals surface area contributed by atoms with Crippen LogP contribution in [-0.2, 0) is 6.54 Å². The van der Waals surface area contributed by atoms with Gasteiger partial charge in [-0.3, -0.25) is 0 Å². The molecule has 2 N–H and O–H groups in total. The average molecular weight is 299 g/mol. The van der Waals surface area contributed by atoms with Gasteiger partial charge in [-0.15, -0.1) is 0 Å². The van der Waals surface area contributed by atoms with E-state index in [1.807, 2.05) is 12.1 Å². The van der Waals surface area contributed by atoms with E-state index in [-0.39, 0.29) is 0 Å². The summed E-state index contributed by atoms with van der Waals surface area (Å²) in [6, 6.07) is 3.90. The van der Waals surface area contributed by atoms with Gasteiger partial charge >= 0.3 is 0 Å². The minimum atomic E-state index is 0.588. The molecule has 1 aromatic rings. The standard InChI is InChI=1S/C15H23ClN2O2/c1-19-14-8-12(7-13(16)15(14)20-2)10-18-9-11-3-5-17-6-4-11/h7-8,11,17-18H,3-6,9-10H2,1-2H3. The Hall–Kier alpha value is -0.970. The maximum Gasteiger partial charge on any atom is 0.179 e. The molecule has 5 heteroatoms. The lowest BCUT2D eigenvalue weighted by Crippen LogP contribution is -2.33. The minimum absolute atomic E-state index is 0.588. The van der Waals surface area contributed by atoms with Crippen LogP contribution < -0.4 is 20.1 Å². The molecule has 2 rings (SSSR count). The minimum Gasteiger partial charge on any atom is -0.493 e. The molecule has 112 valence electrons. The molecule has 0 amide bonds. The first-order chi connectivity index (χ1) is 9.74. The zero-order chi connectivity index (χ0) is 14.4. The number of rotatable bonds is 6. The molecule has 1 aliphatic rings. The molecular weight excluding hydrogens is 276 g/mol. The van der Waals surface area contributed by atoms with Gasteiger partial charge in [0.05, 0.1) is 19.2 Å². The van der Waals surface area contributed by atoms with E-state index in [4.69, 9.17) is 21.1 Å². The molecule has 1 aliphatic heterocycles. The van der Waals surface area contributed by atoms with E-state index in [1.54, 1.807) is 14.2 Å². The first-order valence-electron chi connectivity index (χ1n) is 7.06. The molecule has 1 saturated heterocycles. The maximum atomic E-state index is 6.20. The molecule has 20 heavy (non-hydrogen) atoms. The molecule has 1 aromatic carbocycles. The van der Waals surface area contributed by atoms with Crippen LogP contribution in [0.4, 0.5) is 0 Å². The predicted octanol–water partition coefficient (Wildman–Crippen LogP) is 2.45. The number of halogens is 1. The summed E-state index contributed by atoms with van der Waals surface area (Å²) in [5.41, 5.74) is 1.11. The summed E-state index contributed by atoms with van der Waals surface area (Å²) in [6.07, 6.45) is 2.50. The molecular formula is C15H23ClN2O2. The third-order valence-electron chi connectivity index (χ3n) is 3.71. The van der Waals surface area contributed by atoms with E-state index in [0.717, 1.165) is 37.7 Å². The van der Waals surface area contributed by atoms with Crippen molar-refractivity contribution >= 4 is 11.6 Å². The SMILES string of the molecule is COc1cc(CNCC2CCNCC2)cc(Cl)c1OC. The Labute approximate surface area is 125 Å². The van der Waals surface area contributed by atoms with Gasteiger partial charge in [0.1, 0.15) is 0 Å². The second kappa shape index (κ2) is 7.72. The number of methoxy groups -OCH3 is 2. The lowest BCUT2D eigenvalue weighted by Gasteiger charge is -2.23. The Morgan fingerprint density at radius 2 is 2.00 bits per heavy atom. The first-order valence-corrected chi connectivity index (χ1v) is 7.44. The molecule has 0 atom stereocenters. The fraction of sp³-hybridized carbons (Fsp3) is 0.600. The molecule has 1 fully saturated rings. The fourth-order valence-electron chi connectivity index (χ4n) is 2.58. The molecule has 0 radical (unpaired) electrons. The summed E-state index contributed by atoms with van der Waals surface area (Å²) in [7, 11) is 3.22. The molecule has 0 bridgehead atoms. The fourth-order valence-corrected chi connectivity index (χ4v) is 2.89. The molecule has 0 aliphatic carbocycles. The van der Waals surface area contributed by atoms with E-state index < -0.39 is 0 Å². The normalized spacial score (nSPS) is 16.1. The Morgan fingerprint density at radius 3 is 2.65 bits per heavy atom. The summed E-state index contributed by atoms with van der Waals surface area (Å²) in [6.45, 7) is 4.11. The van der Waals surface area contributed by atoms with Gasteiger partial charge < -0.3 is 20.1 Å². The van der Waals surface area contributed by atoms with Crippen LogP contribution in [0.1, 0.15) is 18.4 Å². The van der Waals surface area contributed by atoms with Gasteiger partial charge in [-0.2, -0.15) is 0 Å². The van der Waals surface area contributed by atoms with Crippen LogP contribution >= 0.6 is 11.6 Å². The zero-order valence-corrected chi connectivity index (χ0v) is 12.9. The summed E-state index contributed by atoms with van der Waals surface area (Å²) in [5.74, 6) is 2.04. The largest absolute Gasteiger partial charge is 0.493 e. The van der Waals surface area contributed by atoms with E-state index in [0.29, 0.717) is 16.5 Å². The molecule has 0 spiro atoms. The molecule has 0 saturated carbocycles. The van der Waals surface area contributed by atoms with Crippen LogP contribution in [0.3, 0.4) is 0 Å². The number of ether oxygens (including phenoxy) is 2. The van der Waals surface area contributed by atoms with Gasteiger partial charge in [0.25, 0.3) is 0 Å². The summed E-state index contributed by atoms with van der Waals surface area (Å²) < 4.78 is 10.5. The van der Waals surface area contributed by atoms with Gasteiger partial charge in [-0.25, -0.2) is 0 Å². The Morgan fingerprint density at radius 1 is 1.25 bits per heavy atom. The summed E-state index contributed by atoms with van der Waals surface area (Å²) >= 11 is 6.20. The van der Waals surface area contributed by atoms with Crippen molar-refractivity contribution in [1.82, 2.24) is 10.6 Å². The number of piperidine rings is 1. The van der Waals surface area contributed by atoms with Crippen LogP contribution in [0, 0.1) is 5.92 Å². The van der Waals surface area contributed by atoms with Gasteiger partial charge in [0.15, 0.2) is 11.5 Å². The second-order valence-electron chi connectivity index (χ2n) is 5.14. The van der Waals surface area contributed by atoms with Crippen molar-refractivity contribution in [3.05, 3.63) is 22.7 Å². The van der Waals surface area contributed by atoms with Crippen LogP contribution in [0.25, 0.3) is 0 Å². The smallest absolute Gasteiger partial charge is 0.179 e. The number of hydrogen-bond donors (Lipinski definition) is 2. The Kier molecular flexibility index (Phi) is 5.95. The monoisotopic (exact) mass is 298 g/mol. The predicted molar refractivity (Wildman–Crippen MR) is 81.9 cm³/mol. The topological polar surface area (TPSA) is 42.5 Å². The molecule has 4 nitrogen and oxygen atoms in total. The van der Waals surface area contributed by atoms with E-state index in [1.165, 1.54) is 12.8 Å². The van der Waals surface area contributed by atoms with E-state index in [2.05, 4.69) is 10.6 Å².